The van der Waals surface area contributed by atoms with Crippen molar-refractivity contribution in [2.24, 2.45) is 0 Å². The molecule has 1 heterocycles. The summed E-state index contributed by atoms with van der Waals surface area (Å²) in [5, 5.41) is 9.96. The van der Waals surface area contributed by atoms with E-state index in [0.717, 1.165) is 11.6 Å². The van der Waals surface area contributed by atoms with Crippen LogP contribution in [-0.4, -0.2) is 10.1 Å². The molecule has 4 heteroatoms. The van der Waals surface area contributed by atoms with Crippen molar-refractivity contribution >= 4 is 0 Å². The second-order valence-electron chi connectivity index (χ2n) is 4.19. The molecule has 0 saturated heterocycles. The van der Waals surface area contributed by atoms with Crippen LogP contribution in [0.5, 0.6) is 0 Å². The lowest BCUT2D eigenvalue weighted by Crippen LogP contribution is -2.06. The van der Waals surface area contributed by atoms with Gasteiger partial charge >= 0.3 is 0 Å². The molecule has 1 N–H and O–H groups in total. The van der Waals surface area contributed by atoms with Gasteiger partial charge in [0.15, 0.2) is 11.6 Å². The van der Waals surface area contributed by atoms with E-state index < -0.39 is 17.7 Å². The van der Waals surface area contributed by atoms with Crippen molar-refractivity contribution in [1.82, 2.24) is 4.98 Å². The number of hydrogen-bond acceptors (Lipinski definition) is 2. The number of aromatic nitrogens is 1. The van der Waals surface area contributed by atoms with Crippen LogP contribution in [-0.2, 0) is 6.42 Å². The van der Waals surface area contributed by atoms with Crippen LogP contribution in [0.25, 0.3) is 0 Å². The van der Waals surface area contributed by atoms with Gasteiger partial charge in [0.2, 0.25) is 0 Å². The van der Waals surface area contributed by atoms with Gasteiger partial charge in [-0.25, -0.2) is 8.78 Å². The Hall–Kier alpha value is -1.81. The average molecular weight is 249 g/mol. The Morgan fingerprint density at radius 2 is 2.06 bits per heavy atom. The smallest absolute Gasteiger partial charge is 0.162 e. The number of nitrogens with zero attached hydrogens (tertiary/aromatic N) is 1. The summed E-state index contributed by atoms with van der Waals surface area (Å²) in [6.07, 6.45) is 0.636. The molecule has 2 rings (SSSR count). The molecule has 1 atom stereocenters. The molecule has 1 aromatic heterocycles. The van der Waals surface area contributed by atoms with Crippen LogP contribution in [0.3, 0.4) is 0 Å². The highest BCUT2D eigenvalue weighted by Gasteiger charge is 2.14. The summed E-state index contributed by atoms with van der Waals surface area (Å²) in [7, 11) is 0. The molecule has 0 fully saturated rings. The molecule has 0 bridgehead atoms. The molecule has 0 aliphatic carbocycles. The molecule has 2 aromatic rings. The van der Waals surface area contributed by atoms with Gasteiger partial charge in [0, 0.05) is 12.6 Å². The second-order valence-corrected chi connectivity index (χ2v) is 4.19. The first kappa shape index (κ1) is 12.6. The minimum Gasteiger partial charge on any atom is -0.386 e. The van der Waals surface area contributed by atoms with E-state index in [-0.39, 0.29) is 12.0 Å². The first-order valence-corrected chi connectivity index (χ1v) is 5.61. The van der Waals surface area contributed by atoms with Gasteiger partial charge in [0.25, 0.3) is 0 Å². The summed E-state index contributed by atoms with van der Waals surface area (Å²) in [6.45, 7) is 1.88. The fraction of sp³-hybridized carbons (Fsp3) is 0.214. The molecule has 0 radical (unpaired) electrons. The summed E-state index contributed by atoms with van der Waals surface area (Å²) in [6, 6.07) is 7.46. The number of aliphatic hydroxyl groups excluding tert-OH is 1. The number of halogens is 2. The van der Waals surface area contributed by atoms with Crippen LogP contribution in [0.4, 0.5) is 8.78 Å². The number of aryl methyl sites for hydroxylation is 1. The minimum atomic E-state index is -0.943. The molecule has 0 aliphatic heterocycles. The molecule has 0 spiro atoms. The molecule has 0 amide bonds. The zero-order valence-corrected chi connectivity index (χ0v) is 9.90. The number of rotatable bonds is 3. The molecule has 94 valence electrons. The molecule has 2 nitrogen and oxygen atoms in total. The molecule has 1 unspecified atom stereocenters. The Morgan fingerprint density at radius 3 is 2.78 bits per heavy atom. The van der Waals surface area contributed by atoms with Gasteiger partial charge in [0.05, 0.1) is 5.69 Å². The zero-order valence-electron chi connectivity index (χ0n) is 9.90. The lowest BCUT2D eigenvalue weighted by Gasteiger charge is -2.11. The monoisotopic (exact) mass is 249 g/mol. The highest BCUT2D eigenvalue weighted by Crippen LogP contribution is 2.20. The lowest BCUT2D eigenvalue weighted by molar-refractivity contribution is 0.172. The number of benzene rings is 1. The molecule has 1 aromatic carbocycles. The predicted octanol–water partition coefficient (Wildman–Crippen LogP) is 2.94. The van der Waals surface area contributed by atoms with Gasteiger partial charge in [-0.15, -0.1) is 0 Å². The van der Waals surface area contributed by atoms with Crippen LogP contribution in [0.1, 0.15) is 22.9 Å². The summed E-state index contributed by atoms with van der Waals surface area (Å²) in [5.74, 6) is -1.82. The van der Waals surface area contributed by atoms with Gasteiger partial charge in [-0.1, -0.05) is 12.1 Å². The fourth-order valence-corrected chi connectivity index (χ4v) is 1.76. The third-order valence-electron chi connectivity index (χ3n) is 2.72. The van der Waals surface area contributed by atoms with E-state index in [9.17, 15) is 13.9 Å². The van der Waals surface area contributed by atoms with Crippen molar-refractivity contribution in [3.05, 3.63) is 65.0 Å². The maximum absolute atomic E-state index is 13.5. The van der Waals surface area contributed by atoms with Crippen LogP contribution in [0.15, 0.2) is 36.5 Å². The van der Waals surface area contributed by atoms with Crippen molar-refractivity contribution in [2.75, 3.05) is 0 Å². The minimum absolute atomic E-state index is 0.0000463. The van der Waals surface area contributed by atoms with Crippen LogP contribution in [0, 0.1) is 18.6 Å². The fourth-order valence-electron chi connectivity index (χ4n) is 1.76. The number of hydrogen-bond donors (Lipinski definition) is 1. The van der Waals surface area contributed by atoms with Gasteiger partial charge in [-0.3, -0.25) is 4.98 Å². The highest BCUT2D eigenvalue weighted by atomic mass is 19.2. The van der Waals surface area contributed by atoms with Gasteiger partial charge in [-0.2, -0.15) is 0 Å². The molecule has 0 aliphatic rings. The van der Waals surface area contributed by atoms with Crippen LogP contribution < -0.4 is 0 Å². The van der Waals surface area contributed by atoms with E-state index in [1.165, 1.54) is 12.1 Å². The normalized spacial score (nSPS) is 12.4. The molecular formula is C14H13F2NO. The van der Waals surface area contributed by atoms with Gasteiger partial charge in [-0.05, 0) is 36.2 Å². The standard InChI is InChI=1S/C14H13F2NO/c1-9-5-6-17-12(7-9)13(18)8-10-3-2-4-11(15)14(10)16/h2-7,13,18H,8H2,1H3. The Kier molecular flexibility index (Phi) is 3.67. The van der Waals surface area contributed by atoms with Crippen LogP contribution >= 0.6 is 0 Å². The Balaban J connectivity index is 2.21. The van der Waals surface area contributed by atoms with Crippen molar-refractivity contribution < 1.29 is 13.9 Å². The van der Waals surface area contributed by atoms with Crippen LogP contribution in [0.2, 0.25) is 0 Å². The Morgan fingerprint density at radius 1 is 1.28 bits per heavy atom. The Bertz CT molecular complexity index is 557. The van der Waals surface area contributed by atoms with E-state index >= 15 is 0 Å². The Labute approximate surface area is 104 Å². The first-order chi connectivity index (χ1) is 8.58. The maximum Gasteiger partial charge on any atom is 0.162 e. The SMILES string of the molecule is Cc1ccnc(C(O)Cc2cccc(F)c2F)c1. The van der Waals surface area contributed by atoms with Crippen molar-refractivity contribution in [3.8, 4) is 0 Å². The third-order valence-corrected chi connectivity index (χ3v) is 2.72. The second kappa shape index (κ2) is 5.23. The zero-order chi connectivity index (χ0) is 13.1. The lowest BCUT2D eigenvalue weighted by atomic mass is 10.0. The van der Waals surface area contributed by atoms with Crippen molar-refractivity contribution in [1.29, 1.82) is 0 Å². The highest BCUT2D eigenvalue weighted by molar-refractivity contribution is 5.23. The third kappa shape index (κ3) is 2.71. The predicted molar refractivity (Wildman–Crippen MR) is 64.0 cm³/mol. The molecule has 18 heavy (non-hydrogen) atoms. The van der Waals surface area contributed by atoms with E-state index in [1.54, 1.807) is 18.3 Å². The van der Waals surface area contributed by atoms with E-state index in [0.29, 0.717) is 5.69 Å². The first-order valence-electron chi connectivity index (χ1n) is 5.61. The average Bonchev–Trinajstić information content (AvgIpc) is 2.35. The molecular weight excluding hydrogens is 236 g/mol. The van der Waals surface area contributed by atoms with E-state index in [2.05, 4.69) is 4.98 Å². The van der Waals surface area contributed by atoms with E-state index in [4.69, 9.17) is 0 Å². The summed E-state index contributed by atoms with van der Waals surface area (Å²) >= 11 is 0. The van der Waals surface area contributed by atoms with Gasteiger partial charge in [0.1, 0.15) is 6.10 Å². The number of pyridine rings is 1. The van der Waals surface area contributed by atoms with Crippen molar-refractivity contribution in [2.45, 2.75) is 19.4 Å². The summed E-state index contributed by atoms with van der Waals surface area (Å²) in [5.41, 5.74) is 1.56. The summed E-state index contributed by atoms with van der Waals surface area (Å²) in [4.78, 5) is 4.02. The van der Waals surface area contributed by atoms with Crippen molar-refractivity contribution in [3.63, 3.8) is 0 Å². The molecule has 0 saturated carbocycles. The van der Waals surface area contributed by atoms with E-state index in [1.807, 2.05) is 6.92 Å². The number of aliphatic hydroxyl groups is 1. The maximum atomic E-state index is 13.5. The van der Waals surface area contributed by atoms with Gasteiger partial charge < -0.3 is 5.11 Å². The quantitative estimate of drug-likeness (QED) is 0.907. The largest absolute Gasteiger partial charge is 0.386 e. The summed E-state index contributed by atoms with van der Waals surface area (Å²) < 4.78 is 26.5. The topological polar surface area (TPSA) is 33.1 Å².